The van der Waals surface area contributed by atoms with Crippen molar-refractivity contribution in [3.05, 3.63) is 20.8 Å². The number of quaternary nitrogens is 1. The van der Waals surface area contributed by atoms with Crippen molar-refractivity contribution in [1.82, 2.24) is 0 Å². The number of halogens is 1. The average Bonchev–Trinajstić information content (AvgIpc) is 2.86. The zero-order valence-electron chi connectivity index (χ0n) is 10.4. The molecular formula is C13H19BrNOS+. The molecule has 1 aromatic rings. The van der Waals surface area contributed by atoms with Crippen LogP contribution in [0, 0.1) is 0 Å². The van der Waals surface area contributed by atoms with Crippen LogP contribution in [0.1, 0.15) is 35.4 Å². The number of Topliss-reactive ketones (excluding diaryl/α,β-unsaturated/α-hetero) is 1. The molecule has 0 radical (unpaired) electrons. The fraction of sp³-hybridized carbons (Fsp3) is 0.615. The molecule has 94 valence electrons. The fourth-order valence-corrected chi connectivity index (χ4v) is 3.96. The van der Waals surface area contributed by atoms with Crippen LogP contribution < -0.4 is 0 Å². The minimum Gasteiger partial charge on any atom is -0.320 e. The zero-order chi connectivity index (χ0) is 12.5. The van der Waals surface area contributed by atoms with Crippen LogP contribution in [0.5, 0.6) is 0 Å². The summed E-state index contributed by atoms with van der Waals surface area (Å²) in [7, 11) is 4.38. The first kappa shape index (κ1) is 13.2. The minimum absolute atomic E-state index is 0.276. The first-order valence-electron chi connectivity index (χ1n) is 6.10. The Morgan fingerprint density at radius 3 is 2.59 bits per heavy atom. The number of ketones is 1. The zero-order valence-corrected chi connectivity index (χ0v) is 12.8. The largest absolute Gasteiger partial charge is 0.320 e. The van der Waals surface area contributed by atoms with Crippen molar-refractivity contribution >= 4 is 33.0 Å². The van der Waals surface area contributed by atoms with Crippen molar-refractivity contribution in [1.29, 1.82) is 0 Å². The maximum Gasteiger partial charge on any atom is 0.226 e. The lowest BCUT2D eigenvalue weighted by Crippen LogP contribution is -2.50. The van der Waals surface area contributed by atoms with Gasteiger partial charge in [0.2, 0.25) is 5.78 Å². The van der Waals surface area contributed by atoms with Gasteiger partial charge in [0.1, 0.15) is 6.54 Å². The first-order valence-corrected chi connectivity index (χ1v) is 7.71. The molecule has 0 aromatic carbocycles. The molecule has 0 aliphatic heterocycles. The molecule has 17 heavy (non-hydrogen) atoms. The highest BCUT2D eigenvalue weighted by molar-refractivity contribution is 9.11. The van der Waals surface area contributed by atoms with Crippen LogP contribution in [0.3, 0.4) is 0 Å². The van der Waals surface area contributed by atoms with E-state index in [9.17, 15) is 4.79 Å². The summed E-state index contributed by atoms with van der Waals surface area (Å²) in [5.41, 5.74) is 0. The molecule has 0 bridgehead atoms. The lowest BCUT2D eigenvalue weighted by Gasteiger charge is -2.35. The standard InChI is InChI=1S/C13H19BrNOS/c1-15(2,10-5-3-4-6-10)9-11(16)12-7-8-13(14)17-12/h7-8,10H,3-6,9H2,1-2H3/q+1. The summed E-state index contributed by atoms with van der Waals surface area (Å²) in [6.07, 6.45) is 5.19. The summed E-state index contributed by atoms with van der Waals surface area (Å²) in [4.78, 5) is 13.1. The monoisotopic (exact) mass is 316 g/mol. The van der Waals surface area contributed by atoms with Gasteiger partial charge in [0.05, 0.1) is 28.8 Å². The van der Waals surface area contributed by atoms with E-state index >= 15 is 0 Å². The Balaban J connectivity index is 2.02. The molecule has 0 unspecified atom stereocenters. The van der Waals surface area contributed by atoms with E-state index in [1.165, 1.54) is 37.0 Å². The van der Waals surface area contributed by atoms with E-state index in [0.717, 1.165) is 13.1 Å². The van der Waals surface area contributed by atoms with Gasteiger partial charge >= 0.3 is 0 Å². The van der Waals surface area contributed by atoms with Gasteiger partial charge in [0, 0.05) is 0 Å². The first-order chi connectivity index (χ1) is 7.99. The highest BCUT2D eigenvalue weighted by Gasteiger charge is 2.33. The average molecular weight is 317 g/mol. The van der Waals surface area contributed by atoms with Crippen molar-refractivity contribution < 1.29 is 9.28 Å². The third-order valence-electron chi connectivity index (χ3n) is 3.71. The van der Waals surface area contributed by atoms with Crippen molar-refractivity contribution in [3.8, 4) is 0 Å². The molecule has 4 heteroatoms. The third-order valence-corrected chi connectivity index (χ3v) is 5.38. The van der Waals surface area contributed by atoms with E-state index in [-0.39, 0.29) is 5.78 Å². The summed E-state index contributed by atoms with van der Waals surface area (Å²) in [6.45, 7) is 0.623. The predicted octanol–water partition coefficient (Wildman–Crippen LogP) is 3.71. The van der Waals surface area contributed by atoms with Crippen molar-refractivity contribution in [3.63, 3.8) is 0 Å². The Labute approximate surface area is 115 Å². The lowest BCUT2D eigenvalue weighted by molar-refractivity contribution is -0.906. The van der Waals surface area contributed by atoms with Crippen molar-refractivity contribution in [2.45, 2.75) is 31.7 Å². The van der Waals surface area contributed by atoms with Crippen LogP contribution >= 0.6 is 27.3 Å². The smallest absolute Gasteiger partial charge is 0.226 e. The van der Waals surface area contributed by atoms with E-state index in [1.54, 1.807) is 0 Å². The quantitative estimate of drug-likeness (QED) is 0.611. The molecule has 1 fully saturated rings. The molecule has 1 saturated carbocycles. The molecule has 1 aromatic heterocycles. The molecule has 0 atom stereocenters. The van der Waals surface area contributed by atoms with Crippen LogP contribution in [-0.2, 0) is 0 Å². The maximum atomic E-state index is 12.2. The Hall–Kier alpha value is -0.190. The Morgan fingerprint density at radius 2 is 2.06 bits per heavy atom. The third kappa shape index (κ3) is 3.18. The highest BCUT2D eigenvalue weighted by atomic mass is 79.9. The fourth-order valence-electron chi connectivity index (χ4n) is 2.64. The Morgan fingerprint density at radius 1 is 1.41 bits per heavy atom. The normalized spacial score (nSPS) is 17.6. The Bertz CT molecular complexity index is 407. The number of nitrogens with zero attached hydrogens (tertiary/aromatic N) is 1. The molecular weight excluding hydrogens is 298 g/mol. The molecule has 0 N–H and O–H groups in total. The van der Waals surface area contributed by atoms with Gasteiger partial charge in [0.15, 0.2) is 0 Å². The van der Waals surface area contributed by atoms with Crippen LogP contribution in [0.4, 0.5) is 0 Å². The number of likely N-dealkylation sites (N-methyl/N-ethyl adjacent to an activating group) is 1. The van der Waals surface area contributed by atoms with Gasteiger partial charge in [-0.3, -0.25) is 4.79 Å². The molecule has 0 saturated heterocycles. The molecule has 2 rings (SSSR count). The molecule has 1 aliphatic carbocycles. The molecule has 0 spiro atoms. The maximum absolute atomic E-state index is 12.2. The summed E-state index contributed by atoms with van der Waals surface area (Å²) < 4.78 is 1.88. The molecule has 1 aliphatic rings. The number of hydrogen-bond acceptors (Lipinski definition) is 2. The number of hydrogen-bond donors (Lipinski definition) is 0. The number of thiophene rings is 1. The van der Waals surface area contributed by atoms with E-state index < -0.39 is 0 Å². The lowest BCUT2D eigenvalue weighted by atomic mass is 10.1. The van der Waals surface area contributed by atoms with Gasteiger partial charge in [-0.05, 0) is 53.7 Å². The van der Waals surface area contributed by atoms with Gasteiger partial charge in [-0.1, -0.05) is 0 Å². The summed E-state index contributed by atoms with van der Waals surface area (Å²) in [5, 5.41) is 0. The minimum atomic E-state index is 0.276. The predicted molar refractivity (Wildman–Crippen MR) is 75.6 cm³/mol. The van der Waals surface area contributed by atoms with Gasteiger partial charge in [-0.2, -0.15) is 0 Å². The number of carbonyl (C=O) groups excluding carboxylic acids is 1. The van der Waals surface area contributed by atoms with Crippen LogP contribution in [0.2, 0.25) is 0 Å². The van der Waals surface area contributed by atoms with Crippen molar-refractivity contribution in [2.75, 3.05) is 20.6 Å². The van der Waals surface area contributed by atoms with E-state index in [1.807, 2.05) is 12.1 Å². The van der Waals surface area contributed by atoms with Crippen LogP contribution in [0.15, 0.2) is 15.9 Å². The topological polar surface area (TPSA) is 17.1 Å². The second-order valence-electron chi connectivity index (χ2n) is 5.40. The second kappa shape index (κ2) is 5.21. The summed E-state index contributed by atoms with van der Waals surface area (Å²) >= 11 is 4.94. The Kier molecular flexibility index (Phi) is 4.06. The SMILES string of the molecule is C[N+](C)(CC(=O)c1ccc(Br)s1)C1CCCC1. The van der Waals surface area contributed by atoms with Crippen molar-refractivity contribution in [2.24, 2.45) is 0 Å². The molecule has 1 heterocycles. The summed E-state index contributed by atoms with van der Waals surface area (Å²) in [6, 6.07) is 4.54. The number of carbonyl (C=O) groups is 1. The van der Waals surface area contributed by atoms with Gasteiger partial charge < -0.3 is 4.48 Å². The van der Waals surface area contributed by atoms with E-state index in [2.05, 4.69) is 30.0 Å². The van der Waals surface area contributed by atoms with Crippen LogP contribution in [-0.4, -0.2) is 36.9 Å². The van der Waals surface area contributed by atoms with Gasteiger partial charge in [0.25, 0.3) is 0 Å². The summed E-state index contributed by atoms with van der Waals surface area (Å²) in [5.74, 6) is 0.276. The van der Waals surface area contributed by atoms with Gasteiger partial charge in [-0.15, -0.1) is 11.3 Å². The van der Waals surface area contributed by atoms with Gasteiger partial charge in [-0.25, -0.2) is 0 Å². The second-order valence-corrected chi connectivity index (χ2v) is 7.86. The molecule has 0 amide bonds. The van der Waals surface area contributed by atoms with E-state index in [4.69, 9.17) is 0 Å². The highest BCUT2D eigenvalue weighted by Crippen LogP contribution is 2.28. The molecule has 2 nitrogen and oxygen atoms in total. The van der Waals surface area contributed by atoms with E-state index in [0.29, 0.717) is 12.6 Å². The number of rotatable bonds is 4. The van der Waals surface area contributed by atoms with Crippen LogP contribution in [0.25, 0.3) is 0 Å².